The second-order valence-corrected chi connectivity index (χ2v) is 11.0. The van der Waals surface area contributed by atoms with E-state index in [4.69, 9.17) is 0 Å². The highest BCUT2D eigenvalue weighted by molar-refractivity contribution is 5.94. The predicted octanol–water partition coefficient (Wildman–Crippen LogP) is 4.60. The van der Waals surface area contributed by atoms with Gasteiger partial charge < -0.3 is 20.2 Å². The molecule has 0 aromatic heterocycles. The summed E-state index contributed by atoms with van der Waals surface area (Å²) in [5.74, 6) is 0.315. The third kappa shape index (κ3) is 5.57. The molecule has 1 aliphatic carbocycles. The van der Waals surface area contributed by atoms with E-state index in [1.165, 1.54) is 36.9 Å². The van der Waals surface area contributed by atoms with Gasteiger partial charge in [-0.25, -0.2) is 0 Å². The minimum absolute atomic E-state index is 0.0943. The Labute approximate surface area is 210 Å². The molecule has 2 aromatic carbocycles. The Morgan fingerprint density at radius 2 is 1.63 bits per heavy atom. The molecule has 0 bridgehead atoms. The second kappa shape index (κ2) is 11.1. The maximum absolute atomic E-state index is 12.9. The van der Waals surface area contributed by atoms with Gasteiger partial charge in [0.15, 0.2) is 0 Å². The Balaban J connectivity index is 1.12. The number of aliphatic hydroxyl groups excluding tert-OH is 1. The molecule has 2 N–H and O–H groups in total. The molecule has 1 amide bonds. The number of hydrogen-bond acceptors (Lipinski definition) is 4. The minimum atomic E-state index is 0.0943. The Kier molecular flexibility index (Phi) is 7.74. The molecule has 0 radical (unpaired) electrons. The van der Waals surface area contributed by atoms with Crippen LogP contribution in [0.1, 0.15) is 67.3 Å². The molecule has 5 rings (SSSR count). The van der Waals surface area contributed by atoms with Crippen molar-refractivity contribution in [3.63, 3.8) is 0 Å². The zero-order valence-corrected chi connectivity index (χ0v) is 21.0. The number of amides is 1. The fourth-order valence-electron chi connectivity index (χ4n) is 6.49. The monoisotopic (exact) mass is 475 g/mol. The number of carbonyl (C=O) groups is 1. The average Bonchev–Trinajstić information content (AvgIpc) is 3.43. The third-order valence-electron chi connectivity index (χ3n) is 8.71. The summed E-state index contributed by atoms with van der Waals surface area (Å²) in [6, 6.07) is 19.9. The molecule has 35 heavy (non-hydrogen) atoms. The molecule has 1 atom stereocenters. The number of nitrogens with one attached hydrogen (secondary N) is 1. The standard InChI is InChI=1S/C30H41N3O2/c34-22-24-7-6-18-33(21-24)29(35)25-10-12-28(13-11-25)32-19-14-27(15-20-32)31-23-30(16-4-5-17-30)26-8-2-1-3-9-26/h1-3,8-13,24,27,31,34H,4-7,14-23H2. The van der Waals surface area contributed by atoms with Gasteiger partial charge in [-0.1, -0.05) is 43.2 Å². The lowest BCUT2D eigenvalue weighted by atomic mass is 9.78. The number of carbonyl (C=O) groups excluding carboxylic acids is 1. The van der Waals surface area contributed by atoms with Gasteiger partial charge in [-0.05, 0) is 74.3 Å². The molecule has 188 valence electrons. The van der Waals surface area contributed by atoms with E-state index in [1.807, 2.05) is 17.0 Å². The fourth-order valence-corrected chi connectivity index (χ4v) is 6.49. The number of nitrogens with zero attached hydrogens (tertiary/aromatic N) is 2. The number of hydrogen-bond donors (Lipinski definition) is 2. The molecule has 0 spiro atoms. The van der Waals surface area contributed by atoms with E-state index in [0.717, 1.165) is 57.4 Å². The van der Waals surface area contributed by atoms with Gasteiger partial charge in [0.1, 0.15) is 0 Å². The van der Waals surface area contributed by atoms with E-state index >= 15 is 0 Å². The molecule has 2 aliphatic heterocycles. The number of aliphatic hydroxyl groups is 1. The van der Waals surface area contributed by atoms with Crippen molar-refractivity contribution in [2.24, 2.45) is 5.92 Å². The van der Waals surface area contributed by atoms with Gasteiger partial charge in [0, 0.05) is 62.0 Å². The molecule has 5 nitrogen and oxygen atoms in total. The first-order valence-electron chi connectivity index (χ1n) is 13.7. The first kappa shape index (κ1) is 24.3. The van der Waals surface area contributed by atoms with Gasteiger partial charge in [0.2, 0.25) is 0 Å². The molecule has 3 aliphatic rings. The van der Waals surface area contributed by atoms with Crippen LogP contribution in [0.3, 0.4) is 0 Å². The highest BCUT2D eigenvalue weighted by atomic mass is 16.3. The first-order valence-corrected chi connectivity index (χ1v) is 13.7. The van der Waals surface area contributed by atoms with Crippen molar-refractivity contribution in [3.8, 4) is 0 Å². The van der Waals surface area contributed by atoms with Crippen molar-refractivity contribution in [3.05, 3.63) is 65.7 Å². The largest absolute Gasteiger partial charge is 0.396 e. The summed E-state index contributed by atoms with van der Waals surface area (Å²) in [6.07, 6.45) is 9.57. The van der Waals surface area contributed by atoms with Crippen molar-refractivity contribution in [1.82, 2.24) is 10.2 Å². The molecule has 2 aromatic rings. The number of rotatable bonds is 7. The highest BCUT2D eigenvalue weighted by Crippen LogP contribution is 2.40. The third-order valence-corrected chi connectivity index (χ3v) is 8.71. The highest BCUT2D eigenvalue weighted by Gasteiger charge is 2.36. The Hall–Kier alpha value is -2.37. The summed E-state index contributed by atoms with van der Waals surface area (Å²) in [5, 5.41) is 13.4. The first-order chi connectivity index (χ1) is 17.2. The molecule has 1 saturated carbocycles. The van der Waals surface area contributed by atoms with Gasteiger partial charge in [0.25, 0.3) is 5.91 Å². The van der Waals surface area contributed by atoms with Crippen molar-refractivity contribution in [1.29, 1.82) is 0 Å². The van der Waals surface area contributed by atoms with Crippen LogP contribution in [0.25, 0.3) is 0 Å². The lowest BCUT2D eigenvalue weighted by Gasteiger charge is -2.37. The normalized spacial score (nSPS) is 22.9. The van der Waals surface area contributed by atoms with E-state index in [9.17, 15) is 9.90 Å². The molecule has 5 heteroatoms. The predicted molar refractivity (Wildman–Crippen MR) is 142 cm³/mol. The summed E-state index contributed by atoms with van der Waals surface area (Å²) in [6.45, 7) is 4.82. The SMILES string of the molecule is O=C(c1ccc(N2CCC(NCC3(c4ccccc4)CCCC3)CC2)cc1)N1CCCC(CO)C1. The van der Waals surface area contributed by atoms with Crippen LogP contribution in [0.4, 0.5) is 5.69 Å². The van der Waals surface area contributed by atoms with Gasteiger partial charge in [-0.3, -0.25) is 4.79 Å². The molecule has 1 unspecified atom stereocenters. The summed E-state index contributed by atoms with van der Waals surface area (Å²) < 4.78 is 0. The molecule has 3 fully saturated rings. The van der Waals surface area contributed by atoms with E-state index in [0.29, 0.717) is 18.0 Å². The molecule has 2 heterocycles. The topological polar surface area (TPSA) is 55.8 Å². The van der Waals surface area contributed by atoms with Gasteiger partial charge in [-0.2, -0.15) is 0 Å². The van der Waals surface area contributed by atoms with Gasteiger partial charge in [0.05, 0.1) is 0 Å². The van der Waals surface area contributed by atoms with E-state index in [2.05, 4.69) is 52.7 Å². The molecular formula is C30H41N3O2. The minimum Gasteiger partial charge on any atom is -0.396 e. The zero-order chi connectivity index (χ0) is 24.1. The summed E-state index contributed by atoms with van der Waals surface area (Å²) in [7, 11) is 0. The summed E-state index contributed by atoms with van der Waals surface area (Å²) in [5.41, 5.74) is 3.79. The molecular weight excluding hydrogens is 434 g/mol. The quantitative estimate of drug-likeness (QED) is 0.615. The lowest BCUT2D eigenvalue weighted by Crippen LogP contribution is -2.47. The van der Waals surface area contributed by atoms with Crippen LogP contribution in [0.15, 0.2) is 54.6 Å². The van der Waals surface area contributed by atoms with Crippen molar-refractivity contribution < 1.29 is 9.90 Å². The smallest absolute Gasteiger partial charge is 0.253 e. The van der Waals surface area contributed by atoms with Crippen LogP contribution in [-0.4, -0.2) is 61.3 Å². The number of piperidine rings is 2. The molecule has 2 saturated heterocycles. The lowest BCUT2D eigenvalue weighted by molar-refractivity contribution is 0.0620. The van der Waals surface area contributed by atoms with Crippen molar-refractivity contribution in [2.45, 2.75) is 62.8 Å². The van der Waals surface area contributed by atoms with Crippen LogP contribution in [0.2, 0.25) is 0 Å². The maximum atomic E-state index is 12.9. The van der Waals surface area contributed by atoms with Crippen molar-refractivity contribution in [2.75, 3.05) is 44.2 Å². The van der Waals surface area contributed by atoms with Crippen LogP contribution in [0.5, 0.6) is 0 Å². The van der Waals surface area contributed by atoms with Crippen LogP contribution in [-0.2, 0) is 5.41 Å². The van der Waals surface area contributed by atoms with Crippen LogP contribution < -0.4 is 10.2 Å². The zero-order valence-electron chi connectivity index (χ0n) is 21.0. The van der Waals surface area contributed by atoms with E-state index in [1.54, 1.807) is 0 Å². The fraction of sp³-hybridized carbons (Fsp3) is 0.567. The summed E-state index contributed by atoms with van der Waals surface area (Å²) >= 11 is 0. The Morgan fingerprint density at radius 3 is 2.31 bits per heavy atom. The number of likely N-dealkylation sites (tertiary alicyclic amines) is 1. The van der Waals surface area contributed by atoms with Crippen molar-refractivity contribution >= 4 is 11.6 Å². The van der Waals surface area contributed by atoms with Crippen LogP contribution in [0, 0.1) is 5.92 Å². The average molecular weight is 476 g/mol. The van der Waals surface area contributed by atoms with E-state index in [-0.39, 0.29) is 18.4 Å². The number of anilines is 1. The van der Waals surface area contributed by atoms with Crippen LogP contribution >= 0.6 is 0 Å². The van der Waals surface area contributed by atoms with Gasteiger partial charge >= 0.3 is 0 Å². The maximum Gasteiger partial charge on any atom is 0.253 e. The Morgan fingerprint density at radius 1 is 0.914 bits per heavy atom. The second-order valence-electron chi connectivity index (χ2n) is 11.0. The Bertz CT molecular complexity index is 947. The number of benzene rings is 2. The van der Waals surface area contributed by atoms with Gasteiger partial charge in [-0.15, -0.1) is 0 Å². The summed E-state index contributed by atoms with van der Waals surface area (Å²) in [4.78, 5) is 17.3. The van der Waals surface area contributed by atoms with E-state index < -0.39 is 0 Å².